The van der Waals surface area contributed by atoms with E-state index in [1.165, 1.54) is 0 Å². The lowest BCUT2D eigenvalue weighted by atomic mass is 10.3. The molecular formula is C30H44Cl2O10. The highest BCUT2D eigenvalue weighted by Gasteiger charge is 2.06. The van der Waals surface area contributed by atoms with Crippen LogP contribution in [0, 0.1) is 0 Å². The molecule has 42 heavy (non-hydrogen) atoms. The molecule has 0 amide bonds. The summed E-state index contributed by atoms with van der Waals surface area (Å²) < 4.78 is 54.7. The van der Waals surface area contributed by atoms with E-state index < -0.39 is 11.1 Å². The summed E-state index contributed by atoms with van der Waals surface area (Å²) in [6.45, 7) is 6.62. The zero-order chi connectivity index (χ0) is 29.8. The topological polar surface area (TPSA) is 92.3 Å². The summed E-state index contributed by atoms with van der Waals surface area (Å²) in [6, 6.07) is 19.2. The molecule has 0 spiro atoms. The second-order valence-corrected chi connectivity index (χ2v) is 9.46. The average Bonchev–Trinajstić information content (AvgIpc) is 3.01. The Balaban J connectivity index is 1.22. The smallest absolute Gasteiger partial charge is 0.154 e. The summed E-state index contributed by atoms with van der Waals surface area (Å²) in [5.74, 6) is 1.64. The normalized spacial score (nSPS) is 12.7. The van der Waals surface area contributed by atoms with Crippen LogP contribution < -0.4 is 9.47 Å². The van der Waals surface area contributed by atoms with E-state index in [1.54, 1.807) is 0 Å². The van der Waals surface area contributed by atoms with Crippen molar-refractivity contribution in [3.63, 3.8) is 0 Å². The van der Waals surface area contributed by atoms with Crippen LogP contribution >= 0.6 is 23.2 Å². The Kier molecular flexibility index (Phi) is 23.4. The van der Waals surface area contributed by atoms with E-state index in [4.69, 9.17) is 70.6 Å². The van der Waals surface area contributed by atoms with Crippen LogP contribution in [0.5, 0.6) is 11.5 Å². The first kappa shape index (κ1) is 36.5. The molecule has 0 aliphatic rings. The van der Waals surface area contributed by atoms with Gasteiger partial charge in [-0.3, -0.25) is 0 Å². The second-order valence-electron chi connectivity index (χ2n) is 8.48. The molecule has 0 fully saturated rings. The Bertz CT molecular complexity index is 768. The molecule has 0 heterocycles. The zero-order valence-electron chi connectivity index (χ0n) is 24.1. The highest BCUT2D eigenvalue weighted by molar-refractivity contribution is 6.20. The van der Waals surface area contributed by atoms with Crippen molar-refractivity contribution in [3.05, 3.63) is 60.7 Å². The lowest BCUT2D eigenvalue weighted by Gasteiger charge is -2.13. The van der Waals surface area contributed by atoms with E-state index >= 15 is 0 Å². The minimum Gasteiger partial charge on any atom is -0.491 e. The molecule has 0 aliphatic heterocycles. The third-order valence-corrected chi connectivity index (χ3v) is 5.65. The number of hydrogen-bond acceptors (Lipinski definition) is 10. The molecule has 12 heteroatoms. The molecule has 2 aromatic rings. The number of ether oxygens (including phenoxy) is 10. The number of benzene rings is 2. The van der Waals surface area contributed by atoms with Gasteiger partial charge in [0.05, 0.1) is 92.5 Å². The highest BCUT2D eigenvalue weighted by atomic mass is 35.5. The SMILES string of the molecule is ClC(COCCOCCOCCOCC(Cl)OCCOCCOc1ccccc1)OCCOCCOc1ccccc1. The van der Waals surface area contributed by atoms with Crippen molar-refractivity contribution < 1.29 is 47.4 Å². The van der Waals surface area contributed by atoms with Crippen molar-refractivity contribution in [2.45, 2.75) is 11.1 Å². The molecule has 0 saturated carbocycles. The lowest BCUT2D eigenvalue weighted by molar-refractivity contribution is -0.0343. The van der Waals surface area contributed by atoms with Gasteiger partial charge in [0.15, 0.2) is 11.1 Å². The van der Waals surface area contributed by atoms with Crippen LogP contribution in [0.15, 0.2) is 60.7 Å². The van der Waals surface area contributed by atoms with E-state index in [0.717, 1.165) is 11.5 Å². The first-order valence-electron chi connectivity index (χ1n) is 14.1. The van der Waals surface area contributed by atoms with E-state index in [1.807, 2.05) is 60.7 Å². The molecule has 238 valence electrons. The number of alkyl halides is 2. The van der Waals surface area contributed by atoms with Crippen molar-refractivity contribution in [1.82, 2.24) is 0 Å². The van der Waals surface area contributed by atoms with Crippen LogP contribution in [0.1, 0.15) is 0 Å². The average molecular weight is 636 g/mol. The van der Waals surface area contributed by atoms with Crippen LogP contribution in [0.25, 0.3) is 0 Å². The van der Waals surface area contributed by atoms with E-state index in [0.29, 0.717) is 92.5 Å². The van der Waals surface area contributed by atoms with E-state index in [-0.39, 0.29) is 13.2 Å². The highest BCUT2D eigenvalue weighted by Crippen LogP contribution is 2.08. The van der Waals surface area contributed by atoms with Crippen molar-refractivity contribution in [2.75, 3.05) is 106 Å². The largest absolute Gasteiger partial charge is 0.491 e. The van der Waals surface area contributed by atoms with E-state index in [2.05, 4.69) is 0 Å². The quantitative estimate of drug-likeness (QED) is 0.0946. The number of para-hydroxylation sites is 2. The summed E-state index contributed by atoms with van der Waals surface area (Å²) in [5, 5.41) is 0. The van der Waals surface area contributed by atoms with Crippen LogP contribution in [0.3, 0.4) is 0 Å². The first-order chi connectivity index (χ1) is 20.7. The molecule has 0 aromatic heterocycles. The summed E-state index contributed by atoms with van der Waals surface area (Å²) in [5.41, 5.74) is -1.09. The molecule has 0 radical (unpaired) electrons. The predicted octanol–water partition coefficient (Wildman–Crippen LogP) is 4.41. The van der Waals surface area contributed by atoms with Gasteiger partial charge in [-0.15, -0.1) is 0 Å². The van der Waals surface area contributed by atoms with Gasteiger partial charge in [0.2, 0.25) is 0 Å². The predicted molar refractivity (Wildman–Crippen MR) is 160 cm³/mol. The van der Waals surface area contributed by atoms with Crippen molar-refractivity contribution in [2.24, 2.45) is 0 Å². The van der Waals surface area contributed by atoms with Gasteiger partial charge in [0.25, 0.3) is 0 Å². The molecule has 0 N–H and O–H groups in total. The molecule has 10 nitrogen and oxygen atoms in total. The van der Waals surface area contributed by atoms with Crippen molar-refractivity contribution in [1.29, 1.82) is 0 Å². The molecule has 0 aliphatic carbocycles. The monoisotopic (exact) mass is 634 g/mol. The fourth-order valence-corrected chi connectivity index (χ4v) is 3.51. The maximum absolute atomic E-state index is 6.08. The Labute approximate surface area is 259 Å². The second kappa shape index (κ2) is 26.9. The lowest BCUT2D eigenvalue weighted by Crippen LogP contribution is -2.20. The zero-order valence-corrected chi connectivity index (χ0v) is 25.6. The van der Waals surface area contributed by atoms with Gasteiger partial charge in [-0.05, 0) is 24.3 Å². The van der Waals surface area contributed by atoms with Gasteiger partial charge in [0, 0.05) is 0 Å². The minimum atomic E-state index is -0.547. The number of hydrogen-bond donors (Lipinski definition) is 0. The summed E-state index contributed by atoms with van der Waals surface area (Å²) >= 11 is 12.2. The molecular weight excluding hydrogens is 591 g/mol. The molecule has 2 unspecified atom stereocenters. The fraction of sp³-hybridized carbons (Fsp3) is 0.600. The Morgan fingerprint density at radius 1 is 0.381 bits per heavy atom. The maximum Gasteiger partial charge on any atom is 0.154 e. The fourth-order valence-electron chi connectivity index (χ4n) is 3.15. The van der Waals surface area contributed by atoms with Crippen LogP contribution in [0.2, 0.25) is 0 Å². The molecule has 2 atom stereocenters. The third kappa shape index (κ3) is 21.9. The Morgan fingerprint density at radius 3 is 1.07 bits per heavy atom. The molecule has 0 saturated heterocycles. The molecule has 2 rings (SSSR count). The molecule has 0 bridgehead atoms. The van der Waals surface area contributed by atoms with Gasteiger partial charge >= 0.3 is 0 Å². The Morgan fingerprint density at radius 2 is 0.690 bits per heavy atom. The standard InChI is InChI=1S/C30H44Cl2O10/c31-29(41-23-19-35-17-21-39-27-7-3-1-4-8-27)25-37-15-13-33-11-12-34-14-16-38-26-30(32)42-24-20-36-18-22-40-28-9-5-2-6-10-28/h1-10,29-30H,11-26H2. The van der Waals surface area contributed by atoms with Gasteiger partial charge in [0.1, 0.15) is 24.7 Å². The number of halogens is 2. The first-order valence-corrected chi connectivity index (χ1v) is 14.9. The van der Waals surface area contributed by atoms with Gasteiger partial charge < -0.3 is 47.4 Å². The molecule has 2 aromatic carbocycles. The minimum absolute atomic E-state index is 0.262. The van der Waals surface area contributed by atoms with Crippen molar-refractivity contribution in [3.8, 4) is 11.5 Å². The number of rotatable bonds is 29. The summed E-state index contributed by atoms with van der Waals surface area (Å²) in [6.07, 6.45) is 0. The van der Waals surface area contributed by atoms with Gasteiger partial charge in [-0.2, -0.15) is 0 Å². The summed E-state index contributed by atoms with van der Waals surface area (Å²) in [4.78, 5) is 0. The third-order valence-electron chi connectivity index (χ3n) is 5.15. The van der Waals surface area contributed by atoms with Crippen LogP contribution in [-0.2, 0) is 37.9 Å². The Hall–Kier alpha value is -1.70. The maximum atomic E-state index is 6.08. The van der Waals surface area contributed by atoms with Gasteiger partial charge in [-0.1, -0.05) is 59.6 Å². The van der Waals surface area contributed by atoms with Crippen LogP contribution in [-0.4, -0.2) is 117 Å². The van der Waals surface area contributed by atoms with Crippen LogP contribution in [0.4, 0.5) is 0 Å². The van der Waals surface area contributed by atoms with Gasteiger partial charge in [-0.25, -0.2) is 0 Å². The van der Waals surface area contributed by atoms with Crippen molar-refractivity contribution >= 4 is 23.2 Å². The van der Waals surface area contributed by atoms with E-state index in [9.17, 15) is 0 Å². The summed E-state index contributed by atoms with van der Waals surface area (Å²) in [7, 11) is 0.